The van der Waals surface area contributed by atoms with E-state index in [2.05, 4.69) is 83.1 Å². The van der Waals surface area contributed by atoms with Gasteiger partial charge in [-0.05, 0) is 55.7 Å². The fourth-order valence-electron chi connectivity index (χ4n) is 2.90. The lowest BCUT2D eigenvalue weighted by atomic mass is 9.87. The van der Waals surface area contributed by atoms with Crippen molar-refractivity contribution in [3.8, 4) is 0 Å². The second kappa shape index (κ2) is 9.50. The van der Waals surface area contributed by atoms with Crippen LogP contribution in [-0.4, -0.2) is 6.04 Å². The van der Waals surface area contributed by atoms with E-state index in [1.807, 2.05) is 0 Å². The molecular formula is C21H33N. The number of hydrogen-bond acceptors (Lipinski definition) is 1. The second-order valence-electron chi connectivity index (χ2n) is 6.25. The van der Waals surface area contributed by atoms with Gasteiger partial charge in [-0.1, -0.05) is 57.7 Å². The van der Waals surface area contributed by atoms with E-state index in [1.54, 1.807) is 0 Å². The Kier molecular flexibility index (Phi) is 8.01. The molecule has 0 aliphatic carbocycles. The van der Waals surface area contributed by atoms with Gasteiger partial charge in [0, 0.05) is 18.2 Å². The van der Waals surface area contributed by atoms with Crippen LogP contribution in [0.15, 0.2) is 59.9 Å². The van der Waals surface area contributed by atoms with E-state index in [-0.39, 0.29) is 0 Å². The Morgan fingerprint density at radius 2 is 1.86 bits per heavy atom. The molecular weight excluding hydrogens is 266 g/mol. The highest BCUT2D eigenvalue weighted by atomic mass is 14.9. The van der Waals surface area contributed by atoms with E-state index < -0.39 is 0 Å². The quantitative estimate of drug-likeness (QED) is 0.598. The topological polar surface area (TPSA) is 12.0 Å². The summed E-state index contributed by atoms with van der Waals surface area (Å²) in [6.45, 7) is 15.5. The minimum atomic E-state index is 0.353. The molecule has 0 spiro atoms. The van der Waals surface area contributed by atoms with E-state index in [0.717, 1.165) is 19.3 Å². The normalized spacial score (nSPS) is 27.9. The molecule has 1 aliphatic rings. The van der Waals surface area contributed by atoms with Crippen molar-refractivity contribution in [2.45, 2.75) is 59.9 Å². The van der Waals surface area contributed by atoms with Crippen molar-refractivity contribution in [1.29, 1.82) is 0 Å². The van der Waals surface area contributed by atoms with Crippen molar-refractivity contribution in [2.24, 2.45) is 11.8 Å². The molecule has 0 saturated carbocycles. The fraction of sp³-hybridized carbons (Fsp3) is 0.524. The summed E-state index contributed by atoms with van der Waals surface area (Å²) in [5, 5.41) is 3.48. The van der Waals surface area contributed by atoms with E-state index in [9.17, 15) is 0 Å². The Morgan fingerprint density at radius 1 is 1.23 bits per heavy atom. The predicted octanol–water partition coefficient (Wildman–Crippen LogP) is 5.94. The third-order valence-electron chi connectivity index (χ3n) is 4.60. The number of hydrogen-bond donors (Lipinski definition) is 1. The molecule has 22 heavy (non-hydrogen) atoms. The summed E-state index contributed by atoms with van der Waals surface area (Å²) in [5.74, 6) is 1.05. The number of allylic oxidation sites excluding steroid dienone is 7. The standard InChI is InChI=1S/C21H33N/c1-7-19(8-2)18(6)16(4)14-21-15-22-17(5)12-10-11-13-20(21)9-3/h10-15,17,19-20,22H,6-9H2,1-5H3/b12-10-,13-11-,16-14+,21-15-. The highest BCUT2D eigenvalue weighted by Gasteiger charge is 2.13. The zero-order valence-corrected chi connectivity index (χ0v) is 15.0. The lowest BCUT2D eigenvalue weighted by molar-refractivity contribution is 0.579. The molecule has 0 fully saturated rings. The van der Waals surface area contributed by atoms with Crippen molar-refractivity contribution in [1.82, 2.24) is 5.32 Å². The summed E-state index contributed by atoms with van der Waals surface area (Å²) in [4.78, 5) is 0. The van der Waals surface area contributed by atoms with Crippen LogP contribution in [0.25, 0.3) is 0 Å². The molecule has 0 bridgehead atoms. The SMILES string of the molecule is C=C(/C(C)=C/C1=C/NC(C)/C=C\C=C/C1CC)C(CC)CC. The van der Waals surface area contributed by atoms with Gasteiger partial charge in [-0.15, -0.1) is 0 Å². The average molecular weight is 300 g/mol. The van der Waals surface area contributed by atoms with Crippen molar-refractivity contribution in [3.63, 3.8) is 0 Å². The third kappa shape index (κ3) is 5.36. The largest absolute Gasteiger partial charge is 0.385 e. The number of nitrogens with one attached hydrogen (secondary N) is 1. The first-order valence-electron chi connectivity index (χ1n) is 8.71. The maximum absolute atomic E-state index is 4.34. The van der Waals surface area contributed by atoms with Gasteiger partial charge in [0.25, 0.3) is 0 Å². The van der Waals surface area contributed by atoms with Crippen LogP contribution in [0, 0.1) is 11.8 Å². The summed E-state index contributed by atoms with van der Waals surface area (Å²) >= 11 is 0. The van der Waals surface area contributed by atoms with Gasteiger partial charge in [0.15, 0.2) is 0 Å². The minimum Gasteiger partial charge on any atom is -0.385 e. The molecule has 2 unspecified atom stereocenters. The first-order valence-corrected chi connectivity index (χ1v) is 8.71. The van der Waals surface area contributed by atoms with Crippen LogP contribution < -0.4 is 5.32 Å². The molecule has 0 amide bonds. The monoisotopic (exact) mass is 299 g/mol. The van der Waals surface area contributed by atoms with Gasteiger partial charge >= 0.3 is 0 Å². The van der Waals surface area contributed by atoms with Crippen LogP contribution in [0.5, 0.6) is 0 Å². The van der Waals surface area contributed by atoms with Crippen LogP contribution in [0.3, 0.4) is 0 Å². The van der Waals surface area contributed by atoms with Crippen molar-refractivity contribution < 1.29 is 0 Å². The van der Waals surface area contributed by atoms with Crippen molar-refractivity contribution in [3.05, 3.63) is 59.9 Å². The van der Waals surface area contributed by atoms with E-state index >= 15 is 0 Å². The molecule has 122 valence electrons. The molecule has 0 aromatic rings. The summed E-state index contributed by atoms with van der Waals surface area (Å²) in [6, 6.07) is 0.353. The van der Waals surface area contributed by atoms with Gasteiger partial charge in [-0.3, -0.25) is 0 Å². The second-order valence-corrected chi connectivity index (χ2v) is 6.25. The van der Waals surface area contributed by atoms with Crippen LogP contribution in [0.2, 0.25) is 0 Å². The first-order chi connectivity index (χ1) is 10.5. The predicted molar refractivity (Wildman–Crippen MR) is 99.7 cm³/mol. The zero-order chi connectivity index (χ0) is 16.5. The lowest BCUT2D eigenvalue weighted by Gasteiger charge is -2.19. The molecule has 0 saturated heterocycles. The molecule has 1 heteroatoms. The Morgan fingerprint density at radius 3 is 2.45 bits per heavy atom. The van der Waals surface area contributed by atoms with Gasteiger partial charge in [0.1, 0.15) is 0 Å². The molecule has 1 N–H and O–H groups in total. The Bertz CT molecular complexity index is 472. The van der Waals surface area contributed by atoms with Crippen molar-refractivity contribution in [2.75, 3.05) is 0 Å². The van der Waals surface area contributed by atoms with Gasteiger partial charge in [-0.2, -0.15) is 0 Å². The molecule has 1 nitrogen and oxygen atoms in total. The molecule has 1 aliphatic heterocycles. The van der Waals surface area contributed by atoms with E-state index in [0.29, 0.717) is 17.9 Å². The lowest BCUT2D eigenvalue weighted by Crippen LogP contribution is -2.18. The average Bonchev–Trinajstić information content (AvgIpc) is 2.60. The van der Waals surface area contributed by atoms with Gasteiger partial charge in [-0.25, -0.2) is 0 Å². The molecule has 0 aromatic carbocycles. The fourth-order valence-corrected chi connectivity index (χ4v) is 2.90. The van der Waals surface area contributed by atoms with Crippen LogP contribution in [-0.2, 0) is 0 Å². The molecule has 1 heterocycles. The first kappa shape index (κ1) is 18.5. The van der Waals surface area contributed by atoms with Gasteiger partial charge in [0.05, 0.1) is 0 Å². The highest BCUT2D eigenvalue weighted by Crippen LogP contribution is 2.27. The van der Waals surface area contributed by atoms with Gasteiger partial charge < -0.3 is 5.32 Å². The Labute approximate surface area is 137 Å². The summed E-state index contributed by atoms with van der Waals surface area (Å²) < 4.78 is 0. The number of rotatable bonds is 6. The van der Waals surface area contributed by atoms with Crippen LogP contribution >= 0.6 is 0 Å². The summed E-state index contributed by atoms with van der Waals surface area (Å²) in [5.41, 5.74) is 3.95. The maximum Gasteiger partial charge on any atom is 0.0413 e. The maximum atomic E-state index is 4.34. The Hall–Kier alpha value is -1.50. The summed E-state index contributed by atoms with van der Waals surface area (Å²) in [6.07, 6.45) is 16.7. The van der Waals surface area contributed by atoms with E-state index in [1.165, 1.54) is 16.7 Å². The molecule has 0 aromatic heterocycles. The highest BCUT2D eigenvalue weighted by molar-refractivity contribution is 5.38. The Balaban J connectivity index is 3.05. The molecule has 1 rings (SSSR count). The molecule has 0 radical (unpaired) electrons. The third-order valence-corrected chi connectivity index (χ3v) is 4.60. The van der Waals surface area contributed by atoms with Crippen LogP contribution in [0.1, 0.15) is 53.9 Å². The zero-order valence-electron chi connectivity index (χ0n) is 15.0. The van der Waals surface area contributed by atoms with E-state index in [4.69, 9.17) is 0 Å². The van der Waals surface area contributed by atoms with Crippen molar-refractivity contribution >= 4 is 0 Å². The van der Waals surface area contributed by atoms with Crippen LogP contribution in [0.4, 0.5) is 0 Å². The minimum absolute atomic E-state index is 0.353. The smallest absolute Gasteiger partial charge is 0.0413 e. The van der Waals surface area contributed by atoms with Gasteiger partial charge in [0.2, 0.25) is 0 Å². The molecule has 2 atom stereocenters. The summed E-state index contributed by atoms with van der Waals surface area (Å²) in [7, 11) is 0.